The van der Waals surface area contributed by atoms with Crippen molar-refractivity contribution in [3.8, 4) is 0 Å². The Bertz CT molecular complexity index is 806. The Kier molecular flexibility index (Phi) is 4.97. The molecule has 6 nitrogen and oxygen atoms in total. The Labute approximate surface area is 160 Å². The van der Waals surface area contributed by atoms with Crippen LogP contribution in [0.2, 0.25) is 0 Å². The van der Waals surface area contributed by atoms with Crippen LogP contribution in [0.4, 0.5) is 11.6 Å². The highest BCUT2D eigenvalue weighted by Crippen LogP contribution is 2.21. The molecule has 0 unspecified atom stereocenters. The third kappa shape index (κ3) is 3.75. The summed E-state index contributed by atoms with van der Waals surface area (Å²) in [6.45, 7) is 9.21. The van der Waals surface area contributed by atoms with E-state index in [1.807, 2.05) is 24.0 Å². The average molecular weight is 365 g/mol. The average Bonchev–Trinajstić information content (AvgIpc) is 3.23. The van der Waals surface area contributed by atoms with Gasteiger partial charge in [-0.15, -0.1) is 10.2 Å². The molecule has 0 saturated carbocycles. The first-order valence-corrected chi connectivity index (χ1v) is 9.82. The highest BCUT2D eigenvalue weighted by molar-refractivity contribution is 5.95. The van der Waals surface area contributed by atoms with Crippen LogP contribution in [-0.4, -0.2) is 60.3 Å². The van der Waals surface area contributed by atoms with Crippen LogP contribution in [-0.2, 0) is 0 Å². The second-order valence-corrected chi connectivity index (χ2v) is 7.54. The van der Waals surface area contributed by atoms with Crippen molar-refractivity contribution >= 4 is 17.5 Å². The molecule has 0 aliphatic carbocycles. The summed E-state index contributed by atoms with van der Waals surface area (Å²) in [7, 11) is 0. The van der Waals surface area contributed by atoms with Crippen molar-refractivity contribution < 1.29 is 4.79 Å². The number of anilines is 2. The van der Waals surface area contributed by atoms with Gasteiger partial charge < -0.3 is 14.7 Å². The monoisotopic (exact) mass is 365 g/mol. The van der Waals surface area contributed by atoms with Crippen molar-refractivity contribution in [2.45, 2.75) is 26.7 Å². The van der Waals surface area contributed by atoms with Crippen LogP contribution in [0.5, 0.6) is 0 Å². The Morgan fingerprint density at radius 2 is 1.41 bits per heavy atom. The second-order valence-electron chi connectivity index (χ2n) is 7.54. The van der Waals surface area contributed by atoms with Gasteiger partial charge in [0, 0.05) is 44.8 Å². The Hall–Kier alpha value is -2.63. The van der Waals surface area contributed by atoms with Crippen LogP contribution in [0.25, 0.3) is 0 Å². The quantitative estimate of drug-likeness (QED) is 0.837. The minimum atomic E-state index is 0.127. The molecule has 0 spiro atoms. The zero-order valence-electron chi connectivity index (χ0n) is 16.2. The Morgan fingerprint density at radius 1 is 0.815 bits per heavy atom. The van der Waals surface area contributed by atoms with Gasteiger partial charge in [0.25, 0.3) is 5.91 Å². The minimum absolute atomic E-state index is 0.127. The van der Waals surface area contributed by atoms with Crippen molar-refractivity contribution in [1.82, 2.24) is 15.1 Å². The van der Waals surface area contributed by atoms with E-state index < -0.39 is 0 Å². The maximum atomic E-state index is 12.8. The van der Waals surface area contributed by atoms with Gasteiger partial charge in [0.2, 0.25) is 0 Å². The molecule has 2 fully saturated rings. The molecule has 0 N–H and O–H groups in total. The van der Waals surface area contributed by atoms with Crippen LogP contribution < -0.4 is 9.80 Å². The summed E-state index contributed by atoms with van der Waals surface area (Å²) in [6.07, 6.45) is 2.47. The number of carbonyl (C=O) groups excluding carboxylic acids is 1. The van der Waals surface area contributed by atoms with Gasteiger partial charge in [-0.05, 0) is 50.5 Å². The van der Waals surface area contributed by atoms with Crippen molar-refractivity contribution in [2.24, 2.45) is 0 Å². The molecule has 4 rings (SSSR count). The van der Waals surface area contributed by atoms with Gasteiger partial charge in [-0.25, -0.2) is 0 Å². The normalized spacial score (nSPS) is 17.5. The summed E-state index contributed by atoms with van der Waals surface area (Å²) in [5, 5.41) is 8.84. The van der Waals surface area contributed by atoms with Crippen LogP contribution in [0.15, 0.2) is 30.3 Å². The van der Waals surface area contributed by atoms with Gasteiger partial charge in [-0.1, -0.05) is 17.7 Å². The highest BCUT2D eigenvalue weighted by atomic mass is 16.2. The van der Waals surface area contributed by atoms with Crippen molar-refractivity contribution in [2.75, 3.05) is 49.1 Å². The second kappa shape index (κ2) is 7.55. The molecule has 142 valence electrons. The number of piperazine rings is 1. The number of benzene rings is 1. The maximum absolute atomic E-state index is 12.8. The lowest BCUT2D eigenvalue weighted by atomic mass is 10.0. The van der Waals surface area contributed by atoms with E-state index in [0.717, 1.165) is 48.9 Å². The maximum Gasteiger partial charge on any atom is 0.254 e. The van der Waals surface area contributed by atoms with Gasteiger partial charge in [0.05, 0.1) is 0 Å². The number of nitrogens with zero attached hydrogens (tertiary/aromatic N) is 5. The summed E-state index contributed by atoms with van der Waals surface area (Å²) >= 11 is 0. The number of amides is 1. The van der Waals surface area contributed by atoms with E-state index >= 15 is 0 Å². The molecule has 1 amide bonds. The van der Waals surface area contributed by atoms with E-state index in [9.17, 15) is 4.79 Å². The van der Waals surface area contributed by atoms with E-state index in [0.29, 0.717) is 13.1 Å². The fraction of sp³-hybridized carbons (Fsp3) is 0.476. The molecule has 2 aromatic rings. The molecule has 2 aliphatic heterocycles. The third-order valence-corrected chi connectivity index (χ3v) is 5.57. The highest BCUT2D eigenvalue weighted by Gasteiger charge is 2.24. The van der Waals surface area contributed by atoms with Gasteiger partial charge in [-0.3, -0.25) is 4.79 Å². The molecule has 0 atom stereocenters. The van der Waals surface area contributed by atoms with Crippen LogP contribution in [0.3, 0.4) is 0 Å². The van der Waals surface area contributed by atoms with E-state index in [4.69, 9.17) is 0 Å². The molecule has 2 saturated heterocycles. The molecule has 3 heterocycles. The van der Waals surface area contributed by atoms with Gasteiger partial charge in [0.15, 0.2) is 11.6 Å². The van der Waals surface area contributed by atoms with Crippen molar-refractivity contribution in [3.05, 3.63) is 47.0 Å². The van der Waals surface area contributed by atoms with Crippen LogP contribution in [0, 0.1) is 13.8 Å². The van der Waals surface area contributed by atoms with E-state index in [1.54, 1.807) is 0 Å². The predicted octanol–water partition coefficient (Wildman–Crippen LogP) is 2.66. The van der Waals surface area contributed by atoms with Gasteiger partial charge >= 0.3 is 0 Å². The number of aryl methyl sites for hydroxylation is 2. The van der Waals surface area contributed by atoms with Crippen molar-refractivity contribution in [1.29, 1.82) is 0 Å². The first kappa shape index (κ1) is 17.8. The largest absolute Gasteiger partial charge is 0.355 e. The summed E-state index contributed by atoms with van der Waals surface area (Å²) in [5.41, 5.74) is 3.04. The zero-order chi connectivity index (χ0) is 18.8. The minimum Gasteiger partial charge on any atom is -0.355 e. The summed E-state index contributed by atoms with van der Waals surface area (Å²) in [6, 6.07) is 10.2. The summed E-state index contributed by atoms with van der Waals surface area (Å²) in [5.74, 6) is 2.00. The SMILES string of the molecule is Cc1ccc(C(=O)N2CCN(c3ccc(N4CCCC4)nn3)CC2)c(C)c1. The number of hydrogen-bond donors (Lipinski definition) is 0. The zero-order valence-corrected chi connectivity index (χ0v) is 16.2. The Balaban J connectivity index is 1.37. The molecular formula is C21H27N5O. The topological polar surface area (TPSA) is 52.6 Å². The number of rotatable bonds is 3. The first-order chi connectivity index (χ1) is 13.1. The number of hydrogen-bond acceptors (Lipinski definition) is 5. The standard InChI is InChI=1S/C21H27N5O/c1-16-5-6-18(17(2)15-16)21(27)26-13-11-25(12-14-26)20-8-7-19(22-23-20)24-9-3-4-10-24/h5-8,15H,3-4,9-14H2,1-2H3. The lowest BCUT2D eigenvalue weighted by molar-refractivity contribution is 0.0745. The molecule has 6 heteroatoms. The summed E-state index contributed by atoms with van der Waals surface area (Å²) < 4.78 is 0. The van der Waals surface area contributed by atoms with E-state index in [1.165, 1.54) is 18.4 Å². The smallest absolute Gasteiger partial charge is 0.254 e. The molecule has 27 heavy (non-hydrogen) atoms. The van der Waals surface area contributed by atoms with Gasteiger partial charge in [0.1, 0.15) is 0 Å². The molecule has 0 radical (unpaired) electrons. The molecule has 0 bridgehead atoms. The summed E-state index contributed by atoms with van der Waals surface area (Å²) in [4.78, 5) is 19.3. The third-order valence-electron chi connectivity index (χ3n) is 5.57. The fourth-order valence-corrected chi connectivity index (χ4v) is 3.96. The van der Waals surface area contributed by atoms with Crippen LogP contribution in [0.1, 0.15) is 34.3 Å². The van der Waals surface area contributed by atoms with Crippen LogP contribution >= 0.6 is 0 Å². The predicted molar refractivity (Wildman–Crippen MR) is 108 cm³/mol. The van der Waals surface area contributed by atoms with E-state index in [-0.39, 0.29) is 5.91 Å². The Morgan fingerprint density at radius 3 is 1.96 bits per heavy atom. The van der Waals surface area contributed by atoms with E-state index in [2.05, 4.69) is 45.1 Å². The number of carbonyl (C=O) groups is 1. The lowest BCUT2D eigenvalue weighted by Crippen LogP contribution is -2.49. The van der Waals surface area contributed by atoms with Gasteiger partial charge in [-0.2, -0.15) is 0 Å². The molecular weight excluding hydrogens is 338 g/mol. The molecule has 1 aromatic carbocycles. The number of aromatic nitrogens is 2. The fourth-order valence-electron chi connectivity index (χ4n) is 3.96. The first-order valence-electron chi connectivity index (χ1n) is 9.82. The lowest BCUT2D eigenvalue weighted by Gasteiger charge is -2.35. The van der Waals surface area contributed by atoms with Crippen molar-refractivity contribution in [3.63, 3.8) is 0 Å². The molecule has 1 aromatic heterocycles. The molecule has 2 aliphatic rings.